The molecule has 0 aliphatic heterocycles. The maximum absolute atomic E-state index is 10.8. The molecule has 2 heteroatoms. The van der Waals surface area contributed by atoms with Gasteiger partial charge in [-0.15, -0.1) is 0 Å². The molecular formula is C15H11NO. The highest BCUT2D eigenvalue weighted by molar-refractivity contribution is 5.98. The molecule has 0 radical (unpaired) electrons. The molecule has 17 heavy (non-hydrogen) atoms. The number of hydrogen-bond acceptors (Lipinski definition) is 1. The average molecular weight is 221 g/mol. The minimum atomic E-state index is 0.708. The Balaban J connectivity index is 2.18. The molecule has 0 unspecified atom stereocenters. The van der Waals surface area contributed by atoms with Gasteiger partial charge in [0.15, 0.2) is 6.29 Å². The molecular weight excluding hydrogens is 210 g/mol. The molecule has 0 saturated carbocycles. The van der Waals surface area contributed by atoms with Crippen molar-refractivity contribution in [3.05, 3.63) is 60.3 Å². The first-order chi connectivity index (χ1) is 8.38. The number of aldehydes is 1. The molecule has 3 rings (SSSR count). The van der Waals surface area contributed by atoms with Crippen LogP contribution in [0.3, 0.4) is 0 Å². The van der Waals surface area contributed by atoms with Gasteiger partial charge in [0.25, 0.3) is 0 Å². The zero-order valence-electron chi connectivity index (χ0n) is 9.18. The number of fused-ring (bicyclic) bond motifs is 1. The summed E-state index contributed by atoms with van der Waals surface area (Å²) in [6, 6.07) is 16.3. The maximum Gasteiger partial charge on any atom is 0.152 e. The Morgan fingerprint density at radius 1 is 0.941 bits per heavy atom. The van der Waals surface area contributed by atoms with Gasteiger partial charge in [0, 0.05) is 22.7 Å². The molecule has 0 aliphatic carbocycles. The Labute approximate surface area is 98.9 Å². The van der Waals surface area contributed by atoms with Crippen molar-refractivity contribution >= 4 is 17.2 Å². The van der Waals surface area contributed by atoms with Crippen molar-refractivity contribution in [1.29, 1.82) is 0 Å². The van der Waals surface area contributed by atoms with Gasteiger partial charge in [0.2, 0.25) is 0 Å². The summed E-state index contributed by atoms with van der Waals surface area (Å²) in [4.78, 5) is 13.9. The van der Waals surface area contributed by atoms with E-state index in [0.29, 0.717) is 5.56 Å². The Morgan fingerprint density at radius 3 is 2.53 bits per heavy atom. The molecule has 1 N–H and O–H groups in total. The quantitative estimate of drug-likeness (QED) is 0.658. The highest BCUT2D eigenvalue weighted by Crippen LogP contribution is 2.25. The molecule has 1 aromatic heterocycles. The minimum Gasteiger partial charge on any atom is -0.360 e. The van der Waals surface area contributed by atoms with Gasteiger partial charge in [0.1, 0.15) is 0 Å². The first kappa shape index (κ1) is 9.85. The van der Waals surface area contributed by atoms with E-state index in [4.69, 9.17) is 0 Å². The molecule has 0 spiro atoms. The smallest absolute Gasteiger partial charge is 0.152 e. The van der Waals surface area contributed by atoms with Crippen molar-refractivity contribution in [2.24, 2.45) is 0 Å². The second-order valence-electron chi connectivity index (χ2n) is 3.99. The molecule has 0 saturated heterocycles. The lowest BCUT2D eigenvalue weighted by Crippen LogP contribution is -1.78. The number of nitrogens with one attached hydrogen (secondary N) is 1. The molecule has 0 amide bonds. The molecule has 0 bridgehead atoms. The zero-order valence-corrected chi connectivity index (χ0v) is 9.18. The summed E-state index contributed by atoms with van der Waals surface area (Å²) in [6.07, 6.45) is 2.62. The van der Waals surface area contributed by atoms with Crippen LogP contribution in [0.25, 0.3) is 22.0 Å². The van der Waals surface area contributed by atoms with Gasteiger partial charge in [-0.2, -0.15) is 0 Å². The lowest BCUT2D eigenvalue weighted by Gasteiger charge is -2.01. The SMILES string of the molecule is O=Cc1c[nH]c2cc(-c3ccccc3)ccc12. The molecule has 0 atom stereocenters. The van der Waals surface area contributed by atoms with Gasteiger partial charge in [-0.3, -0.25) is 4.79 Å². The monoisotopic (exact) mass is 221 g/mol. The fourth-order valence-corrected chi connectivity index (χ4v) is 2.06. The van der Waals surface area contributed by atoms with Crippen LogP contribution >= 0.6 is 0 Å². The van der Waals surface area contributed by atoms with Gasteiger partial charge in [0.05, 0.1) is 0 Å². The van der Waals surface area contributed by atoms with Crippen molar-refractivity contribution in [3.63, 3.8) is 0 Å². The van der Waals surface area contributed by atoms with Crippen LogP contribution in [0, 0.1) is 0 Å². The first-order valence-corrected chi connectivity index (χ1v) is 5.50. The van der Waals surface area contributed by atoms with Crippen LogP contribution in [0.5, 0.6) is 0 Å². The Morgan fingerprint density at radius 2 is 1.76 bits per heavy atom. The summed E-state index contributed by atoms with van der Waals surface area (Å²) >= 11 is 0. The fourth-order valence-electron chi connectivity index (χ4n) is 2.06. The first-order valence-electron chi connectivity index (χ1n) is 5.50. The molecule has 2 nitrogen and oxygen atoms in total. The normalized spacial score (nSPS) is 10.6. The van der Waals surface area contributed by atoms with E-state index in [0.717, 1.165) is 22.8 Å². The van der Waals surface area contributed by atoms with E-state index in [-0.39, 0.29) is 0 Å². The van der Waals surface area contributed by atoms with Gasteiger partial charge in [-0.05, 0) is 17.2 Å². The van der Waals surface area contributed by atoms with Crippen LogP contribution in [0.4, 0.5) is 0 Å². The third kappa shape index (κ3) is 1.64. The number of aromatic amines is 1. The summed E-state index contributed by atoms with van der Waals surface area (Å²) in [5, 5.41) is 0.972. The number of aromatic nitrogens is 1. The highest BCUT2D eigenvalue weighted by Gasteiger charge is 2.04. The molecule has 2 aromatic carbocycles. The molecule has 82 valence electrons. The van der Waals surface area contributed by atoms with E-state index in [1.807, 2.05) is 30.3 Å². The molecule has 3 aromatic rings. The van der Waals surface area contributed by atoms with E-state index in [2.05, 4.69) is 23.2 Å². The third-order valence-electron chi connectivity index (χ3n) is 2.95. The van der Waals surface area contributed by atoms with Crippen molar-refractivity contribution in [3.8, 4) is 11.1 Å². The summed E-state index contributed by atoms with van der Waals surface area (Å²) in [5.74, 6) is 0. The van der Waals surface area contributed by atoms with Gasteiger partial charge < -0.3 is 4.98 Å². The highest BCUT2D eigenvalue weighted by atomic mass is 16.1. The van der Waals surface area contributed by atoms with Crippen molar-refractivity contribution in [1.82, 2.24) is 4.98 Å². The van der Waals surface area contributed by atoms with Crippen molar-refractivity contribution in [2.45, 2.75) is 0 Å². The van der Waals surface area contributed by atoms with Gasteiger partial charge in [-0.1, -0.05) is 42.5 Å². The second-order valence-corrected chi connectivity index (χ2v) is 3.99. The molecule has 0 fully saturated rings. The summed E-state index contributed by atoms with van der Waals surface area (Å²) in [7, 11) is 0. The van der Waals surface area contributed by atoms with E-state index in [1.165, 1.54) is 5.56 Å². The second kappa shape index (κ2) is 3.91. The van der Waals surface area contributed by atoms with Crippen molar-refractivity contribution < 1.29 is 4.79 Å². The van der Waals surface area contributed by atoms with Crippen LogP contribution in [-0.2, 0) is 0 Å². The summed E-state index contributed by atoms with van der Waals surface area (Å²) in [5.41, 5.74) is 4.03. The fraction of sp³-hybridized carbons (Fsp3) is 0. The van der Waals surface area contributed by atoms with Crippen molar-refractivity contribution in [2.75, 3.05) is 0 Å². The Hall–Kier alpha value is -2.35. The Bertz CT molecular complexity index is 668. The number of carbonyl (C=O) groups is 1. The van der Waals surface area contributed by atoms with Gasteiger partial charge >= 0.3 is 0 Å². The predicted octanol–water partition coefficient (Wildman–Crippen LogP) is 3.65. The van der Waals surface area contributed by atoms with Crippen LogP contribution in [0.2, 0.25) is 0 Å². The van der Waals surface area contributed by atoms with Crippen LogP contribution in [0.1, 0.15) is 10.4 Å². The zero-order chi connectivity index (χ0) is 11.7. The predicted molar refractivity (Wildman–Crippen MR) is 69.1 cm³/mol. The number of carbonyl (C=O) groups excluding carboxylic acids is 1. The number of benzene rings is 2. The number of rotatable bonds is 2. The van der Waals surface area contributed by atoms with E-state index in [1.54, 1.807) is 6.20 Å². The summed E-state index contributed by atoms with van der Waals surface area (Å²) in [6.45, 7) is 0. The van der Waals surface area contributed by atoms with Crippen LogP contribution < -0.4 is 0 Å². The van der Waals surface area contributed by atoms with E-state index >= 15 is 0 Å². The molecule has 0 aliphatic rings. The molecule has 1 heterocycles. The number of hydrogen-bond donors (Lipinski definition) is 1. The lowest BCUT2D eigenvalue weighted by atomic mass is 10.0. The topological polar surface area (TPSA) is 32.9 Å². The third-order valence-corrected chi connectivity index (χ3v) is 2.95. The lowest BCUT2D eigenvalue weighted by molar-refractivity contribution is 0.112. The van der Waals surface area contributed by atoms with Crippen LogP contribution in [-0.4, -0.2) is 11.3 Å². The summed E-state index contributed by atoms with van der Waals surface area (Å²) < 4.78 is 0. The van der Waals surface area contributed by atoms with E-state index < -0.39 is 0 Å². The standard InChI is InChI=1S/C15H11NO/c17-10-13-9-16-15-8-12(6-7-14(13)15)11-4-2-1-3-5-11/h1-10,16H. The largest absolute Gasteiger partial charge is 0.360 e. The average Bonchev–Trinajstić information content (AvgIpc) is 2.81. The van der Waals surface area contributed by atoms with Crippen LogP contribution in [0.15, 0.2) is 54.7 Å². The number of H-pyrrole nitrogens is 1. The Kier molecular flexibility index (Phi) is 2.26. The van der Waals surface area contributed by atoms with Gasteiger partial charge in [-0.25, -0.2) is 0 Å². The minimum absolute atomic E-state index is 0.708. The maximum atomic E-state index is 10.8. The van der Waals surface area contributed by atoms with E-state index in [9.17, 15) is 4.79 Å².